The topological polar surface area (TPSA) is 73.8 Å². The predicted octanol–water partition coefficient (Wildman–Crippen LogP) is 3.42. The lowest BCUT2D eigenvalue weighted by molar-refractivity contribution is -0.134. The van der Waals surface area contributed by atoms with Gasteiger partial charge in [-0.3, -0.25) is 4.79 Å². The van der Waals surface area contributed by atoms with Gasteiger partial charge in [-0.05, 0) is 48.4 Å². The van der Waals surface area contributed by atoms with Crippen LogP contribution in [0, 0.1) is 0 Å². The molecule has 0 N–H and O–H groups in total. The number of hydrogen-bond donors (Lipinski definition) is 0. The van der Waals surface area contributed by atoms with Crippen molar-refractivity contribution in [2.45, 2.75) is 36.4 Å². The van der Waals surface area contributed by atoms with E-state index in [4.69, 9.17) is 4.98 Å². The van der Waals surface area contributed by atoms with Gasteiger partial charge in [0.2, 0.25) is 5.91 Å². The summed E-state index contributed by atoms with van der Waals surface area (Å²) >= 11 is 2.90. The summed E-state index contributed by atoms with van der Waals surface area (Å²) in [6, 6.07) is 9.16. The van der Waals surface area contributed by atoms with Crippen molar-refractivity contribution in [3.05, 3.63) is 41.3 Å². The second-order valence-corrected chi connectivity index (χ2v) is 12.2. The normalized spacial score (nSPS) is 20.3. The minimum Gasteiger partial charge on any atom is -0.345 e. The average Bonchev–Trinajstić information content (AvgIpc) is 3.58. The van der Waals surface area contributed by atoms with Crippen molar-refractivity contribution in [1.82, 2.24) is 14.2 Å². The van der Waals surface area contributed by atoms with Crippen molar-refractivity contribution in [1.29, 1.82) is 0 Å². The number of carbonyl (C=O) groups excluding carboxylic acids is 1. The second kappa shape index (κ2) is 8.74. The smallest absolute Gasteiger partial charge is 0.253 e. The lowest BCUT2D eigenvalue weighted by atomic mass is 10.2. The fourth-order valence-corrected chi connectivity index (χ4v) is 8.29. The van der Waals surface area contributed by atoms with Crippen molar-refractivity contribution in [2.24, 2.45) is 0 Å². The van der Waals surface area contributed by atoms with Gasteiger partial charge in [-0.15, -0.1) is 11.3 Å². The molecule has 1 aromatic carbocycles. The fraction of sp³-hybridized carbons (Fsp3) is 0.455. The van der Waals surface area contributed by atoms with E-state index < -0.39 is 16.1 Å². The summed E-state index contributed by atoms with van der Waals surface area (Å²) in [5.74, 6) is -0.0702. The number of carbonyl (C=O) groups is 1. The molecule has 0 unspecified atom stereocenters. The molecule has 2 aromatic heterocycles. The van der Waals surface area contributed by atoms with Crippen LogP contribution in [-0.2, 0) is 21.2 Å². The molecule has 0 bridgehead atoms. The third-order valence-corrected chi connectivity index (χ3v) is 10.6. The minimum atomic E-state index is -3.62. The molecule has 0 radical (unpaired) electrons. The van der Waals surface area contributed by atoms with Gasteiger partial charge in [0, 0.05) is 32.7 Å². The maximum absolute atomic E-state index is 13.3. The van der Waals surface area contributed by atoms with Crippen LogP contribution in [0.25, 0.3) is 10.2 Å². The summed E-state index contributed by atoms with van der Waals surface area (Å²) in [7, 11) is -3.62. The van der Waals surface area contributed by atoms with E-state index in [1.165, 1.54) is 25.9 Å². The lowest BCUT2D eigenvalue weighted by Gasteiger charge is -2.37. The number of hydrogen-bond acceptors (Lipinski definition) is 7. The monoisotopic (exact) mass is 490 g/mol. The highest BCUT2D eigenvalue weighted by Crippen LogP contribution is 2.32. The Kier molecular flexibility index (Phi) is 5.96. The zero-order chi connectivity index (χ0) is 22.3. The van der Waals surface area contributed by atoms with E-state index in [1.54, 1.807) is 28.8 Å². The largest absolute Gasteiger partial charge is 0.345 e. The number of sulfonamides is 1. The number of rotatable bonds is 5. The number of fused-ring (bicyclic) bond motifs is 1. The summed E-state index contributed by atoms with van der Waals surface area (Å²) in [4.78, 5) is 22.1. The number of piperazine rings is 1. The van der Waals surface area contributed by atoms with Gasteiger partial charge in [0.1, 0.15) is 10.3 Å². The Labute approximate surface area is 196 Å². The molecular formula is C22H26N4O3S3. The number of aryl methyl sites for hydroxylation is 1. The van der Waals surface area contributed by atoms with Crippen molar-refractivity contribution >= 4 is 54.0 Å². The van der Waals surface area contributed by atoms with Gasteiger partial charge in [-0.2, -0.15) is 4.31 Å². The Balaban J connectivity index is 1.26. The van der Waals surface area contributed by atoms with Gasteiger partial charge in [0.15, 0.2) is 5.13 Å². The highest BCUT2D eigenvalue weighted by atomic mass is 32.2. The Morgan fingerprint density at radius 2 is 1.97 bits per heavy atom. The highest BCUT2D eigenvalue weighted by Gasteiger charge is 2.42. The van der Waals surface area contributed by atoms with Crippen LogP contribution < -0.4 is 4.90 Å². The van der Waals surface area contributed by atoms with Crippen LogP contribution >= 0.6 is 22.7 Å². The van der Waals surface area contributed by atoms with E-state index in [1.807, 2.05) is 4.90 Å². The molecule has 2 fully saturated rings. The molecule has 0 saturated carbocycles. The second-order valence-electron chi connectivity index (χ2n) is 8.17. The molecule has 1 amide bonds. The number of benzene rings is 1. The number of nitrogens with zero attached hydrogens (tertiary/aromatic N) is 4. The molecule has 0 spiro atoms. The lowest BCUT2D eigenvalue weighted by Crippen LogP contribution is -2.54. The van der Waals surface area contributed by atoms with Crippen LogP contribution in [0.15, 0.2) is 39.9 Å². The molecule has 2 saturated heterocycles. The maximum atomic E-state index is 13.3. The Morgan fingerprint density at radius 3 is 2.69 bits per heavy atom. The van der Waals surface area contributed by atoms with Crippen molar-refractivity contribution in [3.8, 4) is 0 Å². The van der Waals surface area contributed by atoms with Crippen molar-refractivity contribution < 1.29 is 13.2 Å². The maximum Gasteiger partial charge on any atom is 0.253 e. The Bertz CT molecular complexity index is 1210. The molecule has 32 heavy (non-hydrogen) atoms. The minimum absolute atomic E-state index is 0.0702. The number of amides is 1. The Morgan fingerprint density at radius 1 is 1.16 bits per heavy atom. The first-order chi connectivity index (χ1) is 15.5. The van der Waals surface area contributed by atoms with E-state index in [0.29, 0.717) is 49.8 Å². The van der Waals surface area contributed by atoms with Crippen molar-refractivity contribution in [2.75, 3.05) is 37.6 Å². The number of anilines is 1. The van der Waals surface area contributed by atoms with Gasteiger partial charge in [-0.1, -0.05) is 30.4 Å². The summed E-state index contributed by atoms with van der Waals surface area (Å²) in [5, 5.41) is 2.74. The molecule has 5 rings (SSSR count). The van der Waals surface area contributed by atoms with Gasteiger partial charge in [-0.25, -0.2) is 13.4 Å². The first kappa shape index (κ1) is 21.8. The molecule has 7 nitrogen and oxygen atoms in total. The molecule has 10 heteroatoms. The number of thiazole rings is 1. The van der Waals surface area contributed by atoms with E-state index >= 15 is 0 Å². The number of aromatic nitrogens is 1. The third kappa shape index (κ3) is 3.93. The summed E-state index contributed by atoms with van der Waals surface area (Å²) in [5.41, 5.74) is 2.32. The van der Waals surface area contributed by atoms with Gasteiger partial charge >= 0.3 is 0 Å². The Hall–Kier alpha value is -2.01. The van der Waals surface area contributed by atoms with Gasteiger partial charge in [0.25, 0.3) is 10.0 Å². The van der Waals surface area contributed by atoms with E-state index in [-0.39, 0.29) is 5.91 Å². The summed E-state index contributed by atoms with van der Waals surface area (Å²) < 4.78 is 28.9. The molecule has 0 aliphatic carbocycles. The van der Waals surface area contributed by atoms with Gasteiger partial charge in [0.05, 0.1) is 10.2 Å². The zero-order valence-electron chi connectivity index (χ0n) is 17.9. The molecule has 2 aliphatic rings. The molecule has 3 aromatic rings. The number of thiophene rings is 1. The van der Waals surface area contributed by atoms with Gasteiger partial charge < -0.3 is 9.80 Å². The molecule has 1 atom stereocenters. The SMILES string of the molecule is CCc1ccc2nc(N3CCN(C(=O)[C@@H]4CCCN4S(=O)(=O)c4cccs4)CC3)sc2c1. The third-order valence-electron chi connectivity index (χ3n) is 6.26. The first-order valence-electron chi connectivity index (χ1n) is 11.0. The molecule has 4 heterocycles. The average molecular weight is 491 g/mol. The molecular weight excluding hydrogens is 464 g/mol. The van der Waals surface area contributed by atoms with Crippen LogP contribution in [0.5, 0.6) is 0 Å². The highest BCUT2D eigenvalue weighted by molar-refractivity contribution is 7.91. The van der Waals surface area contributed by atoms with Crippen LogP contribution in [-0.4, -0.2) is 67.3 Å². The summed E-state index contributed by atoms with van der Waals surface area (Å²) in [6.45, 7) is 5.13. The molecule has 170 valence electrons. The molecule has 2 aliphatic heterocycles. The van der Waals surface area contributed by atoms with Crippen LogP contribution in [0.3, 0.4) is 0 Å². The van der Waals surface area contributed by atoms with Crippen molar-refractivity contribution in [3.63, 3.8) is 0 Å². The standard InChI is InChI=1S/C22H26N4O3S3/c1-2-16-7-8-17-19(15-16)31-22(23-17)25-12-10-24(11-13-25)21(27)18-5-3-9-26(18)32(28,29)20-6-4-14-30-20/h4,6-8,14-15,18H,2-3,5,9-13H2,1H3/t18-/m0/s1. The first-order valence-corrected chi connectivity index (χ1v) is 14.1. The van der Waals surface area contributed by atoms with Crippen LogP contribution in [0.1, 0.15) is 25.3 Å². The quantitative estimate of drug-likeness (QED) is 0.548. The van der Waals surface area contributed by atoms with E-state index in [9.17, 15) is 13.2 Å². The summed E-state index contributed by atoms with van der Waals surface area (Å²) in [6.07, 6.45) is 2.30. The fourth-order valence-electron chi connectivity index (χ4n) is 4.44. The van der Waals surface area contributed by atoms with E-state index in [2.05, 4.69) is 30.0 Å². The predicted molar refractivity (Wildman–Crippen MR) is 129 cm³/mol. The van der Waals surface area contributed by atoms with E-state index in [0.717, 1.165) is 17.1 Å². The zero-order valence-corrected chi connectivity index (χ0v) is 20.4. The van der Waals surface area contributed by atoms with Crippen LogP contribution in [0.2, 0.25) is 0 Å². The van der Waals surface area contributed by atoms with Crippen LogP contribution in [0.4, 0.5) is 5.13 Å².